The topological polar surface area (TPSA) is 23.6 Å². The minimum Gasteiger partial charge on any atom is -0.332 e. The molecule has 0 aliphatic heterocycles. The van der Waals surface area contributed by atoms with Gasteiger partial charge in [-0.15, -0.1) is 0 Å². The van der Waals surface area contributed by atoms with Gasteiger partial charge in [0.15, 0.2) is 0 Å². The smallest absolute Gasteiger partial charge is 0.254 e. The second-order valence-corrected chi connectivity index (χ2v) is 8.00. The van der Waals surface area contributed by atoms with E-state index >= 15 is 0 Å². The van der Waals surface area contributed by atoms with Gasteiger partial charge >= 0.3 is 0 Å². The average molecular weight is 403 g/mol. The first-order valence-electron chi connectivity index (χ1n) is 11.2. The fourth-order valence-corrected chi connectivity index (χ4v) is 4.00. The molecule has 0 aromatic heterocycles. The summed E-state index contributed by atoms with van der Waals surface area (Å²) < 4.78 is 0. The maximum atomic E-state index is 13.6. The second-order valence-electron chi connectivity index (χ2n) is 8.00. The Bertz CT molecular complexity index is 934. The summed E-state index contributed by atoms with van der Waals surface area (Å²) in [6.07, 6.45) is 2.10. The highest BCUT2D eigenvalue weighted by Gasteiger charge is 2.22. The van der Waals surface area contributed by atoms with Crippen LogP contribution in [0.15, 0.2) is 72.8 Å². The van der Waals surface area contributed by atoms with E-state index in [1.54, 1.807) is 0 Å². The summed E-state index contributed by atoms with van der Waals surface area (Å²) in [6.45, 7) is 10.5. The predicted octanol–water partition coefficient (Wildman–Crippen LogP) is 5.99. The van der Waals surface area contributed by atoms with E-state index in [1.165, 1.54) is 5.56 Å². The SMILES string of the molecule is CCN(CC)CCCC(C)N(Cc1ccccc1)C(=O)c1ccc2ccccc2c1. The number of benzene rings is 3. The van der Waals surface area contributed by atoms with Crippen LogP contribution in [0, 0.1) is 0 Å². The molecule has 0 N–H and O–H groups in total. The molecular formula is C27H34N2O. The molecule has 0 spiro atoms. The fraction of sp³-hybridized carbons (Fsp3) is 0.370. The lowest BCUT2D eigenvalue weighted by atomic mass is 10.0. The number of amides is 1. The number of fused-ring (bicyclic) bond motifs is 1. The van der Waals surface area contributed by atoms with Crippen molar-refractivity contribution in [3.05, 3.63) is 83.9 Å². The average Bonchev–Trinajstić information content (AvgIpc) is 2.80. The van der Waals surface area contributed by atoms with Gasteiger partial charge in [-0.25, -0.2) is 0 Å². The lowest BCUT2D eigenvalue weighted by Crippen LogP contribution is -2.38. The summed E-state index contributed by atoms with van der Waals surface area (Å²) in [5, 5.41) is 2.27. The number of carbonyl (C=O) groups excluding carboxylic acids is 1. The molecule has 158 valence electrons. The minimum atomic E-state index is 0.111. The van der Waals surface area contributed by atoms with E-state index in [0.717, 1.165) is 48.8 Å². The first-order chi connectivity index (χ1) is 14.6. The molecule has 3 nitrogen and oxygen atoms in total. The van der Waals surface area contributed by atoms with Crippen molar-refractivity contribution in [3.8, 4) is 0 Å². The van der Waals surface area contributed by atoms with Crippen molar-refractivity contribution in [1.82, 2.24) is 9.80 Å². The first-order valence-corrected chi connectivity index (χ1v) is 11.2. The van der Waals surface area contributed by atoms with E-state index in [-0.39, 0.29) is 11.9 Å². The van der Waals surface area contributed by atoms with Crippen LogP contribution in [0.3, 0.4) is 0 Å². The molecule has 3 aromatic rings. The lowest BCUT2D eigenvalue weighted by Gasteiger charge is -2.30. The molecule has 0 bridgehead atoms. The Kier molecular flexibility index (Phi) is 8.04. The van der Waals surface area contributed by atoms with Crippen LogP contribution in [0.1, 0.15) is 49.5 Å². The number of rotatable bonds is 10. The molecule has 0 aliphatic carbocycles. The molecule has 0 heterocycles. The normalized spacial score (nSPS) is 12.3. The van der Waals surface area contributed by atoms with E-state index in [4.69, 9.17) is 0 Å². The number of carbonyl (C=O) groups is 1. The molecule has 1 atom stereocenters. The van der Waals surface area contributed by atoms with E-state index in [2.05, 4.69) is 49.9 Å². The fourth-order valence-electron chi connectivity index (χ4n) is 4.00. The third-order valence-electron chi connectivity index (χ3n) is 5.98. The number of hydrogen-bond acceptors (Lipinski definition) is 2. The van der Waals surface area contributed by atoms with Crippen molar-refractivity contribution >= 4 is 16.7 Å². The van der Waals surface area contributed by atoms with E-state index in [0.29, 0.717) is 6.54 Å². The highest BCUT2D eigenvalue weighted by molar-refractivity contribution is 5.98. The van der Waals surface area contributed by atoms with Gasteiger partial charge in [-0.1, -0.05) is 74.5 Å². The Morgan fingerprint density at radius 3 is 2.23 bits per heavy atom. The number of nitrogens with zero attached hydrogens (tertiary/aromatic N) is 2. The van der Waals surface area contributed by atoms with Crippen LogP contribution in [0.25, 0.3) is 10.8 Å². The van der Waals surface area contributed by atoms with Crippen LogP contribution in [0.5, 0.6) is 0 Å². The van der Waals surface area contributed by atoms with Gasteiger partial charge < -0.3 is 9.80 Å². The molecular weight excluding hydrogens is 368 g/mol. The van der Waals surface area contributed by atoms with Gasteiger partial charge in [0.25, 0.3) is 5.91 Å². The Hall–Kier alpha value is -2.65. The van der Waals surface area contributed by atoms with Gasteiger partial charge in [0.1, 0.15) is 0 Å². The summed E-state index contributed by atoms with van der Waals surface area (Å²) in [5.74, 6) is 0.111. The van der Waals surface area contributed by atoms with Gasteiger partial charge in [0.2, 0.25) is 0 Å². The first kappa shape index (κ1) is 22.0. The monoisotopic (exact) mass is 402 g/mol. The molecule has 3 aromatic carbocycles. The van der Waals surface area contributed by atoms with Crippen molar-refractivity contribution in [2.24, 2.45) is 0 Å². The van der Waals surface area contributed by atoms with E-state index < -0.39 is 0 Å². The Labute approximate surface area is 181 Å². The van der Waals surface area contributed by atoms with Crippen LogP contribution in [-0.2, 0) is 6.54 Å². The zero-order chi connectivity index (χ0) is 21.3. The summed E-state index contributed by atoms with van der Waals surface area (Å²) >= 11 is 0. The van der Waals surface area contributed by atoms with Gasteiger partial charge in [-0.3, -0.25) is 4.79 Å². The highest BCUT2D eigenvalue weighted by atomic mass is 16.2. The Morgan fingerprint density at radius 1 is 0.867 bits per heavy atom. The van der Waals surface area contributed by atoms with Gasteiger partial charge in [0, 0.05) is 18.2 Å². The van der Waals surface area contributed by atoms with Crippen LogP contribution < -0.4 is 0 Å². The largest absolute Gasteiger partial charge is 0.332 e. The molecule has 30 heavy (non-hydrogen) atoms. The highest BCUT2D eigenvalue weighted by Crippen LogP contribution is 2.20. The third kappa shape index (κ3) is 5.70. The van der Waals surface area contributed by atoms with Crippen LogP contribution in [-0.4, -0.2) is 41.4 Å². The van der Waals surface area contributed by atoms with Crippen LogP contribution in [0.2, 0.25) is 0 Å². The predicted molar refractivity (Wildman–Crippen MR) is 127 cm³/mol. The minimum absolute atomic E-state index is 0.111. The van der Waals surface area contributed by atoms with E-state index in [9.17, 15) is 4.79 Å². The van der Waals surface area contributed by atoms with Gasteiger partial charge in [-0.05, 0) is 67.9 Å². The summed E-state index contributed by atoms with van der Waals surface area (Å²) in [7, 11) is 0. The summed E-state index contributed by atoms with van der Waals surface area (Å²) in [5.41, 5.74) is 1.93. The van der Waals surface area contributed by atoms with Gasteiger partial charge in [0.05, 0.1) is 0 Å². The van der Waals surface area contributed by atoms with Crippen molar-refractivity contribution in [2.45, 2.75) is 46.2 Å². The summed E-state index contributed by atoms with van der Waals surface area (Å²) in [6, 6.07) is 24.7. The Balaban J connectivity index is 1.79. The zero-order valence-electron chi connectivity index (χ0n) is 18.6. The quantitative estimate of drug-likeness (QED) is 0.416. The Morgan fingerprint density at radius 2 is 1.53 bits per heavy atom. The van der Waals surface area contributed by atoms with Gasteiger partial charge in [-0.2, -0.15) is 0 Å². The maximum Gasteiger partial charge on any atom is 0.254 e. The molecule has 1 amide bonds. The zero-order valence-corrected chi connectivity index (χ0v) is 18.6. The van der Waals surface area contributed by atoms with Crippen molar-refractivity contribution < 1.29 is 4.79 Å². The molecule has 0 saturated heterocycles. The molecule has 0 radical (unpaired) electrons. The second kappa shape index (κ2) is 10.9. The van der Waals surface area contributed by atoms with E-state index in [1.807, 2.05) is 53.4 Å². The van der Waals surface area contributed by atoms with Crippen molar-refractivity contribution in [2.75, 3.05) is 19.6 Å². The van der Waals surface area contributed by atoms with Crippen molar-refractivity contribution in [3.63, 3.8) is 0 Å². The molecule has 3 heteroatoms. The lowest BCUT2D eigenvalue weighted by molar-refractivity contribution is 0.0662. The molecule has 0 fully saturated rings. The standard InChI is InChI=1S/C27H34N2O/c1-4-28(5-2)19-11-12-22(3)29(21-23-13-7-6-8-14-23)27(30)26-18-17-24-15-9-10-16-25(24)20-26/h6-10,13-18,20,22H,4-5,11-12,19,21H2,1-3H3. The molecule has 1 unspecified atom stereocenters. The van der Waals surface area contributed by atoms with Crippen LogP contribution in [0.4, 0.5) is 0 Å². The third-order valence-corrected chi connectivity index (χ3v) is 5.98. The van der Waals surface area contributed by atoms with Crippen LogP contribution >= 0.6 is 0 Å². The van der Waals surface area contributed by atoms with Crippen molar-refractivity contribution in [1.29, 1.82) is 0 Å². The molecule has 0 saturated carbocycles. The maximum absolute atomic E-state index is 13.6. The molecule has 3 rings (SSSR count). The number of hydrogen-bond donors (Lipinski definition) is 0. The summed E-state index contributed by atoms with van der Waals surface area (Å²) in [4.78, 5) is 18.0. The molecule has 0 aliphatic rings.